The minimum absolute atomic E-state index is 0.314. The average Bonchev–Trinajstić information content (AvgIpc) is 3.12. The number of anilines is 1. The van der Waals surface area contributed by atoms with Crippen LogP contribution in [0.2, 0.25) is 0 Å². The Morgan fingerprint density at radius 1 is 0.853 bits per heavy atom. The second-order valence-corrected chi connectivity index (χ2v) is 8.38. The van der Waals surface area contributed by atoms with E-state index >= 15 is 0 Å². The van der Waals surface area contributed by atoms with E-state index in [4.69, 9.17) is 4.74 Å². The molecule has 0 radical (unpaired) electrons. The zero-order valence-corrected chi connectivity index (χ0v) is 20.0. The Labute approximate surface area is 201 Å². The molecule has 0 bridgehead atoms. The minimum Gasteiger partial charge on any atom is -0.494 e. The Hall–Kier alpha value is -3.86. The smallest absolute Gasteiger partial charge is 0.282 e. The number of aryl methyl sites for hydroxylation is 1. The van der Waals surface area contributed by atoms with Gasteiger partial charge in [0, 0.05) is 19.2 Å². The van der Waals surface area contributed by atoms with Crippen LogP contribution in [0.25, 0.3) is 5.57 Å². The quantitative estimate of drug-likeness (QED) is 0.396. The lowest BCUT2D eigenvalue weighted by atomic mass is 10.0. The number of likely N-dealkylation sites (N-methyl/N-ethyl adjacent to an activating group) is 1. The van der Waals surface area contributed by atoms with Gasteiger partial charge in [0.2, 0.25) is 0 Å². The van der Waals surface area contributed by atoms with Crippen molar-refractivity contribution in [2.24, 2.45) is 0 Å². The Balaban J connectivity index is 1.78. The van der Waals surface area contributed by atoms with Crippen molar-refractivity contribution in [1.82, 2.24) is 4.90 Å². The van der Waals surface area contributed by atoms with Crippen molar-refractivity contribution in [3.63, 3.8) is 0 Å². The summed E-state index contributed by atoms with van der Waals surface area (Å²) in [6, 6.07) is 24.9. The molecule has 0 saturated heterocycles. The molecule has 3 aromatic carbocycles. The van der Waals surface area contributed by atoms with Crippen molar-refractivity contribution in [2.75, 3.05) is 18.1 Å². The third kappa shape index (κ3) is 4.74. The molecule has 0 spiro atoms. The SMILES string of the molecule is CCCOc1cccc(N2C(=O)C(c3ccc(C)cc3)=C(N(CC)Cc3ccccc3)C2=O)c1. The van der Waals surface area contributed by atoms with E-state index < -0.39 is 0 Å². The largest absolute Gasteiger partial charge is 0.494 e. The zero-order valence-electron chi connectivity index (χ0n) is 20.0. The van der Waals surface area contributed by atoms with E-state index in [9.17, 15) is 9.59 Å². The molecule has 0 unspecified atom stereocenters. The summed E-state index contributed by atoms with van der Waals surface area (Å²) in [6.07, 6.45) is 0.875. The van der Waals surface area contributed by atoms with Gasteiger partial charge in [0.25, 0.3) is 11.8 Å². The second-order valence-electron chi connectivity index (χ2n) is 8.38. The fourth-order valence-corrected chi connectivity index (χ4v) is 4.11. The van der Waals surface area contributed by atoms with Gasteiger partial charge in [0.15, 0.2) is 0 Å². The topological polar surface area (TPSA) is 49.9 Å². The Morgan fingerprint density at radius 2 is 1.59 bits per heavy atom. The number of amides is 2. The first kappa shape index (κ1) is 23.3. The van der Waals surface area contributed by atoms with Gasteiger partial charge in [0.05, 0.1) is 17.9 Å². The summed E-state index contributed by atoms with van der Waals surface area (Å²) in [6.45, 7) is 7.74. The molecule has 5 nitrogen and oxygen atoms in total. The van der Waals surface area contributed by atoms with E-state index in [0.717, 1.165) is 23.1 Å². The zero-order chi connectivity index (χ0) is 24.1. The monoisotopic (exact) mass is 454 g/mol. The lowest BCUT2D eigenvalue weighted by molar-refractivity contribution is -0.120. The Morgan fingerprint density at radius 3 is 2.26 bits per heavy atom. The van der Waals surface area contributed by atoms with Crippen molar-refractivity contribution < 1.29 is 14.3 Å². The van der Waals surface area contributed by atoms with Crippen LogP contribution in [0.5, 0.6) is 5.75 Å². The molecule has 34 heavy (non-hydrogen) atoms. The molecule has 1 aliphatic rings. The standard InChI is InChI=1S/C29H30N2O3/c1-4-18-34-25-13-9-12-24(19-25)31-28(32)26(23-16-14-21(3)15-17-23)27(29(31)33)30(5-2)20-22-10-7-6-8-11-22/h6-17,19H,4-5,18,20H2,1-3H3. The molecule has 0 atom stereocenters. The van der Waals surface area contributed by atoms with Crippen LogP contribution in [0.4, 0.5) is 5.69 Å². The summed E-state index contributed by atoms with van der Waals surface area (Å²) in [4.78, 5) is 30.9. The molecule has 3 aromatic rings. The van der Waals surface area contributed by atoms with Gasteiger partial charge < -0.3 is 9.64 Å². The first-order valence-corrected chi connectivity index (χ1v) is 11.7. The van der Waals surface area contributed by atoms with Crippen LogP contribution in [-0.2, 0) is 16.1 Å². The number of carbonyl (C=O) groups is 2. The molecule has 4 rings (SSSR count). The highest BCUT2D eigenvalue weighted by atomic mass is 16.5. The fraction of sp³-hybridized carbons (Fsp3) is 0.241. The fourth-order valence-electron chi connectivity index (χ4n) is 4.11. The number of carbonyl (C=O) groups excluding carboxylic acids is 2. The van der Waals surface area contributed by atoms with Crippen LogP contribution in [0, 0.1) is 6.92 Å². The molecule has 0 N–H and O–H groups in total. The lowest BCUT2D eigenvalue weighted by Crippen LogP contribution is -2.35. The third-order valence-electron chi connectivity index (χ3n) is 5.86. The highest BCUT2D eigenvalue weighted by Gasteiger charge is 2.42. The van der Waals surface area contributed by atoms with Crippen LogP contribution >= 0.6 is 0 Å². The van der Waals surface area contributed by atoms with Gasteiger partial charge in [-0.05, 0) is 43.5 Å². The van der Waals surface area contributed by atoms with Crippen LogP contribution in [0.3, 0.4) is 0 Å². The molecule has 2 amide bonds. The number of hydrogen-bond donors (Lipinski definition) is 0. The van der Waals surface area contributed by atoms with Crippen LogP contribution in [0.15, 0.2) is 84.6 Å². The summed E-state index contributed by atoms with van der Waals surface area (Å²) in [5.74, 6) is 0.0101. The maximum Gasteiger partial charge on any atom is 0.282 e. The molecule has 1 aliphatic heterocycles. The van der Waals surface area contributed by atoms with Crippen molar-refractivity contribution in [1.29, 1.82) is 0 Å². The molecule has 0 saturated carbocycles. The van der Waals surface area contributed by atoms with Crippen LogP contribution in [-0.4, -0.2) is 29.9 Å². The third-order valence-corrected chi connectivity index (χ3v) is 5.86. The number of imide groups is 1. The van der Waals surface area contributed by atoms with Gasteiger partial charge in [-0.1, -0.05) is 73.2 Å². The maximum atomic E-state index is 13.8. The van der Waals surface area contributed by atoms with E-state index in [1.807, 2.05) is 92.4 Å². The van der Waals surface area contributed by atoms with Crippen LogP contribution in [0.1, 0.15) is 37.0 Å². The van der Waals surface area contributed by atoms with E-state index in [1.165, 1.54) is 4.90 Å². The molecule has 5 heteroatoms. The summed E-state index contributed by atoms with van der Waals surface area (Å²) in [5, 5.41) is 0. The van der Waals surface area contributed by atoms with E-state index in [1.54, 1.807) is 12.1 Å². The van der Waals surface area contributed by atoms with E-state index in [0.29, 0.717) is 42.4 Å². The molecule has 174 valence electrons. The number of benzene rings is 3. The summed E-state index contributed by atoms with van der Waals surface area (Å²) >= 11 is 0. The van der Waals surface area contributed by atoms with Gasteiger partial charge in [0.1, 0.15) is 11.4 Å². The Bertz CT molecular complexity index is 1200. The van der Waals surface area contributed by atoms with E-state index in [2.05, 4.69) is 0 Å². The minimum atomic E-state index is -0.317. The molecule has 0 aromatic heterocycles. The van der Waals surface area contributed by atoms with Crippen LogP contribution < -0.4 is 9.64 Å². The van der Waals surface area contributed by atoms with Gasteiger partial charge in [-0.25, -0.2) is 4.90 Å². The highest BCUT2D eigenvalue weighted by molar-refractivity contribution is 6.45. The number of ether oxygens (including phenoxy) is 1. The maximum absolute atomic E-state index is 13.8. The summed E-state index contributed by atoms with van der Waals surface area (Å²) < 4.78 is 5.75. The van der Waals surface area contributed by atoms with Gasteiger partial charge in [-0.15, -0.1) is 0 Å². The van der Waals surface area contributed by atoms with Gasteiger partial charge in [-0.2, -0.15) is 0 Å². The normalized spacial score (nSPS) is 13.6. The summed E-state index contributed by atoms with van der Waals surface area (Å²) in [7, 11) is 0. The molecule has 0 aliphatic carbocycles. The van der Waals surface area contributed by atoms with Crippen molar-refractivity contribution in [3.8, 4) is 5.75 Å². The van der Waals surface area contributed by atoms with Gasteiger partial charge >= 0.3 is 0 Å². The number of rotatable bonds is 9. The average molecular weight is 455 g/mol. The summed E-state index contributed by atoms with van der Waals surface area (Å²) in [5.41, 5.74) is 4.29. The molecular weight excluding hydrogens is 424 g/mol. The molecular formula is C29H30N2O3. The van der Waals surface area contributed by atoms with Crippen molar-refractivity contribution in [2.45, 2.75) is 33.7 Å². The molecule has 1 heterocycles. The Kier molecular flexibility index (Phi) is 7.12. The predicted molar refractivity (Wildman–Crippen MR) is 135 cm³/mol. The van der Waals surface area contributed by atoms with Gasteiger partial charge in [-0.3, -0.25) is 9.59 Å². The molecule has 0 fully saturated rings. The first-order chi connectivity index (χ1) is 16.5. The predicted octanol–water partition coefficient (Wildman–Crippen LogP) is 5.59. The highest BCUT2D eigenvalue weighted by Crippen LogP contribution is 2.36. The van der Waals surface area contributed by atoms with Crippen molar-refractivity contribution >= 4 is 23.1 Å². The van der Waals surface area contributed by atoms with Crippen molar-refractivity contribution in [3.05, 3.63) is 101 Å². The first-order valence-electron chi connectivity index (χ1n) is 11.7. The lowest BCUT2D eigenvalue weighted by Gasteiger charge is -2.25. The number of hydrogen-bond acceptors (Lipinski definition) is 4. The second kappa shape index (κ2) is 10.4. The number of nitrogens with zero attached hydrogens (tertiary/aromatic N) is 2. The van der Waals surface area contributed by atoms with E-state index in [-0.39, 0.29) is 11.8 Å².